The number of aromatic nitrogens is 2. The van der Waals surface area contributed by atoms with Gasteiger partial charge in [-0.2, -0.15) is 5.10 Å². The molecule has 5 heteroatoms. The SMILES string of the molecule is Cc1nn(-c2ccc(C(C)C)cc2)c(C)c1[C@@H]1C=C[C@@H](NC(=O)NC2CCCCC2)C1. The van der Waals surface area contributed by atoms with Crippen molar-refractivity contribution in [2.75, 3.05) is 0 Å². The van der Waals surface area contributed by atoms with Crippen molar-refractivity contribution in [2.45, 2.75) is 90.1 Å². The Hall–Kier alpha value is -2.56. The van der Waals surface area contributed by atoms with E-state index in [4.69, 9.17) is 5.10 Å². The maximum Gasteiger partial charge on any atom is 0.315 e. The molecule has 0 spiro atoms. The molecule has 2 N–H and O–H groups in total. The molecular formula is C26H36N4O. The molecule has 1 fully saturated rings. The zero-order valence-electron chi connectivity index (χ0n) is 19.3. The average Bonchev–Trinajstić information content (AvgIpc) is 3.32. The largest absolute Gasteiger partial charge is 0.335 e. The van der Waals surface area contributed by atoms with Gasteiger partial charge < -0.3 is 10.6 Å². The van der Waals surface area contributed by atoms with Crippen LogP contribution >= 0.6 is 0 Å². The monoisotopic (exact) mass is 420 g/mol. The minimum atomic E-state index is -0.0309. The third-order valence-electron chi connectivity index (χ3n) is 6.86. The summed E-state index contributed by atoms with van der Waals surface area (Å²) in [5.41, 5.74) is 5.95. The molecule has 0 radical (unpaired) electrons. The molecule has 0 bridgehead atoms. The van der Waals surface area contributed by atoms with Crippen molar-refractivity contribution in [1.29, 1.82) is 0 Å². The van der Waals surface area contributed by atoms with Crippen LogP contribution in [-0.4, -0.2) is 27.9 Å². The molecule has 2 amide bonds. The number of carbonyl (C=O) groups is 1. The van der Waals surface area contributed by atoms with E-state index in [0.717, 1.165) is 30.6 Å². The number of benzene rings is 1. The van der Waals surface area contributed by atoms with Gasteiger partial charge in [-0.1, -0.05) is 57.4 Å². The molecule has 2 aromatic rings. The van der Waals surface area contributed by atoms with Gasteiger partial charge in [0, 0.05) is 29.3 Å². The van der Waals surface area contributed by atoms with Crippen LogP contribution in [0.25, 0.3) is 5.69 Å². The van der Waals surface area contributed by atoms with Gasteiger partial charge in [-0.15, -0.1) is 0 Å². The van der Waals surface area contributed by atoms with E-state index < -0.39 is 0 Å². The van der Waals surface area contributed by atoms with Crippen LogP contribution in [0.5, 0.6) is 0 Å². The number of carbonyl (C=O) groups excluding carboxylic acids is 1. The van der Waals surface area contributed by atoms with Crippen LogP contribution in [0.2, 0.25) is 0 Å². The van der Waals surface area contributed by atoms with Crippen LogP contribution in [0, 0.1) is 13.8 Å². The summed E-state index contributed by atoms with van der Waals surface area (Å²) in [6, 6.07) is 9.07. The fourth-order valence-corrected chi connectivity index (χ4v) is 5.11. The molecule has 4 rings (SSSR count). The van der Waals surface area contributed by atoms with Crippen LogP contribution in [0.1, 0.15) is 86.7 Å². The Kier molecular flexibility index (Phi) is 6.49. The Bertz CT molecular complexity index is 935. The number of nitrogens with one attached hydrogen (secondary N) is 2. The summed E-state index contributed by atoms with van der Waals surface area (Å²) >= 11 is 0. The van der Waals surface area contributed by atoms with E-state index in [1.165, 1.54) is 36.1 Å². The van der Waals surface area contributed by atoms with Crippen LogP contribution in [0.3, 0.4) is 0 Å². The van der Waals surface area contributed by atoms with Crippen LogP contribution in [0.4, 0.5) is 4.79 Å². The summed E-state index contributed by atoms with van der Waals surface area (Å²) in [4.78, 5) is 12.4. The number of amides is 2. The lowest BCUT2D eigenvalue weighted by atomic mass is 9.95. The summed E-state index contributed by atoms with van der Waals surface area (Å²) in [5.74, 6) is 0.803. The number of hydrogen-bond donors (Lipinski definition) is 2. The number of urea groups is 1. The maximum atomic E-state index is 12.4. The minimum Gasteiger partial charge on any atom is -0.335 e. The van der Waals surface area contributed by atoms with Gasteiger partial charge in [-0.25, -0.2) is 9.48 Å². The second-order valence-electron chi connectivity index (χ2n) is 9.53. The average molecular weight is 421 g/mol. The predicted molar refractivity (Wildman–Crippen MR) is 126 cm³/mol. The molecule has 1 aromatic carbocycles. The van der Waals surface area contributed by atoms with E-state index in [9.17, 15) is 4.79 Å². The Morgan fingerprint density at radius 2 is 1.74 bits per heavy atom. The van der Waals surface area contributed by atoms with Crippen molar-refractivity contribution in [3.63, 3.8) is 0 Å². The molecular weight excluding hydrogens is 384 g/mol. The maximum absolute atomic E-state index is 12.4. The van der Waals surface area contributed by atoms with Crippen LogP contribution in [-0.2, 0) is 0 Å². The lowest BCUT2D eigenvalue weighted by Crippen LogP contribution is -2.46. The van der Waals surface area contributed by atoms with Gasteiger partial charge in [0.2, 0.25) is 0 Å². The Labute approximate surface area is 186 Å². The molecule has 0 unspecified atom stereocenters. The van der Waals surface area contributed by atoms with Crippen molar-refractivity contribution in [3.05, 3.63) is 58.9 Å². The van der Waals surface area contributed by atoms with Crippen molar-refractivity contribution in [3.8, 4) is 5.69 Å². The van der Waals surface area contributed by atoms with E-state index in [1.807, 2.05) is 0 Å². The second kappa shape index (κ2) is 9.29. The second-order valence-corrected chi connectivity index (χ2v) is 9.53. The number of nitrogens with zero attached hydrogens (tertiary/aromatic N) is 2. The standard InChI is InChI=1S/C26H36N4O/c1-17(2)20-11-14-24(15-12-20)30-19(4)25(18(3)29-30)21-10-13-23(16-21)28-26(31)27-22-8-6-5-7-9-22/h10-15,17,21-23H,5-9,16H2,1-4H3,(H2,27,28,31)/t21-,23-/m1/s1. The number of aryl methyl sites for hydroxylation is 1. The van der Waals surface area contributed by atoms with Gasteiger partial charge in [0.15, 0.2) is 0 Å². The van der Waals surface area contributed by atoms with Crippen molar-refractivity contribution in [1.82, 2.24) is 20.4 Å². The fraction of sp³-hybridized carbons (Fsp3) is 0.538. The topological polar surface area (TPSA) is 59.0 Å². The summed E-state index contributed by atoms with van der Waals surface area (Å²) in [6.45, 7) is 8.66. The van der Waals surface area contributed by atoms with E-state index in [1.54, 1.807) is 0 Å². The molecule has 1 heterocycles. The first kappa shape index (κ1) is 21.7. The summed E-state index contributed by atoms with van der Waals surface area (Å²) in [7, 11) is 0. The molecule has 1 saturated carbocycles. The molecule has 2 aliphatic carbocycles. The van der Waals surface area contributed by atoms with Gasteiger partial charge in [-0.05, 0) is 56.7 Å². The molecule has 2 atom stereocenters. The highest BCUT2D eigenvalue weighted by molar-refractivity contribution is 5.75. The quantitative estimate of drug-likeness (QED) is 0.614. The van der Waals surface area contributed by atoms with E-state index in [-0.39, 0.29) is 18.0 Å². The molecule has 31 heavy (non-hydrogen) atoms. The summed E-state index contributed by atoms with van der Waals surface area (Å²) < 4.78 is 2.05. The van der Waals surface area contributed by atoms with Crippen molar-refractivity contribution < 1.29 is 4.79 Å². The first-order valence-corrected chi connectivity index (χ1v) is 11.8. The van der Waals surface area contributed by atoms with Crippen molar-refractivity contribution >= 4 is 6.03 Å². The van der Waals surface area contributed by atoms with E-state index in [0.29, 0.717) is 12.0 Å². The lowest BCUT2D eigenvalue weighted by Gasteiger charge is -2.24. The predicted octanol–water partition coefficient (Wildman–Crippen LogP) is 5.66. The van der Waals surface area contributed by atoms with E-state index >= 15 is 0 Å². The van der Waals surface area contributed by atoms with Crippen LogP contribution < -0.4 is 10.6 Å². The number of allylic oxidation sites excluding steroid dienone is 1. The lowest BCUT2D eigenvalue weighted by molar-refractivity contribution is 0.230. The van der Waals surface area contributed by atoms with Gasteiger partial charge in [-0.3, -0.25) is 0 Å². The Balaban J connectivity index is 1.41. The molecule has 2 aliphatic rings. The Morgan fingerprint density at radius 1 is 1.03 bits per heavy atom. The zero-order chi connectivity index (χ0) is 22.0. The van der Waals surface area contributed by atoms with Gasteiger partial charge in [0.05, 0.1) is 11.4 Å². The van der Waals surface area contributed by atoms with E-state index in [2.05, 4.69) is 79.4 Å². The zero-order valence-corrected chi connectivity index (χ0v) is 19.3. The van der Waals surface area contributed by atoms with Gasteiger partial charge in [0.25, 0.3) is 0 Å². The highest BCUT2D eigenvalue weighted by Crippen LogP contribution is 2.34. The molecule has 0 aliphatic heterocycles. The smallest absolute Gasteiger partial charge is 0.315 e. The Morgan fingerprint density at radius 3 is 2.42 bits per heavy atom. The number of hydrogen-bond acceptors (Lipinski definition) is 2. The van der Waals surface area contributed by atoms with Crippen molar-refractivity contribution in [2.24, 2.45) is 0 Å². The molecule has 166 valence electrons. The van der Waals surface area contributed by atoms with Gasteiger partial charge >= 0.3 is 6.03 Å². The highest BCUT2D eigenvalue weighted by atomic mass is 16.2. The summed E-state index contributed by atoms with van der Waals surface area (Å²) in [5, 5.41) is 11.2. The fourth-order valence-electron chi connectivity index (χ4n) is 5.11. The third-order valence-corrected chi connectivity index (χ3v) is 6.86. The highest BCUT2D eigenvalue weighted by Gasteiger charge is 2.27. The van der Waals surface area contributed by atoms with Crippen LogP contribution in [0.15, 0.2) is 36.4 Å². The number of rotatable bonds is 5. The normalized spacial score (nSPS) is 21.6. The minimum absolute atomic E-state index is 0.0309. The molecule has 1 aromatic heterocycles. The molecule has 5 nitrogen and oxygen atoms in total. The van der Waals surface area contributed by atoms with Gasteiger partial charge in [0.1, 0.15) is 0 Å². The third kappa shape index (κ3) is 4.86. The first-order valence-electron chi connectivity index (χ1n) is 11.8. The summed E-state index contributed by atoms with van der Waals surface area (Å²) in [6.07, 6.45) is 11.2. The first-order chi connectivity index (χ1) is 14.9. The molecule has 0 saturated heterocycles.